The van der Waals surface area contributed by atoms with Crippen LogP contribution < -0.4 is 19.6 Å². The van der Waals surface area contributed by atoms with Crippen LogP contribution in [0, 0.1) is 24.0 Å². The zero-order chi connectivity index (χ0) is 20.8. The lowest BCUT2D eigenvalue weighted by Gasteiger charge is -2.12. The number of hydrogen-bond donors (Lipinski definition) is 1. The van der Waals surface area contributed by atoms with Crippen molar-refractivity contribution in [2.24, 2.45) is 5.10 Å². The van der Waals surface area contributed by atoms with Crippen LogP contribution in [0.3, 0.4) is 0 Å². The number of aromatic nitrogens is 2. The highest BCUT2D eigenvalue weighted by atomic mass is 16.6. The number of benzene rings is 1. The van der Waals surface area contributed by atoms with Gasteiger partial charge in [-0.25, -0.2) is 5.43 Å². The molecule has 0 radical (unpaired) electrons. The fourth-order valence-electron chi connectivity index (χ4n) is 2.63. The standard InChI is InChI=1S/C17H21N5O6/c1-10-16(22(24)25)11(2)21(20-10)9-15(23)19-18-8-12-6-13(26-3)17(28-5)14(7-12)27-4/h6-8H,9H2,1-5H3,(H,19,23)/b18-8+. The van der Waals surface area contributed by atoms with Crippen molar-refractivity contribution < 1.29 is 23.9 Å². The van der Waals surface area contributed by atoms with Crippen molar-refractivity contribution in [3.8, 4) is 17.2 Å². The minimum absolute atomic E-state index is 0.103. The molecule has 0 unspecified atom stereocenters. The highest BCUT2D eigenvalue weighted by Crippen LogP contribution is 2.37. The van der Waals surface area contributed by atoms with Crippen molar-refractivity contribution >= 4 is 17.8 Å². The van der Waals surface area contributed by atoms with Crippen LogP contribution in [0.5, 0.6) is 17.2 Å². The van der Waals surface area contributed by atoms with Gasteiger partial charge in [0.15, 0.2) is 11.5 Å². The number of aryl methyl sites for hydroxylation is 1. The first-order valence-corrected chi connectivity index (χ1v) is 8.12. The van der Waals surface area contributed by atoms with Gasteiger partial charge in [-0.05, 0) is 26.0 Å². The number of carbonyl (C=O) groups is 1. The zero-order valence-corrected chi connectivity index (χ0v) is 16.2. The van der Waals surface area contributed by atoms with Gasteiger partial charge < -0.3 is 14.2 Å². The number of carbonyl (C=O) groups excluding carboxylic acids is 1. The smallest absolute Gasteiger partial charge is 0.312 e. The van der Waals surface area contributed by atoms with Crippen molar-refractivity contribution in [1.82, 2.24) is 15.2 Å². The molecule has 0 spiro atoms. The fourth-order valence-corrected chi connectivity index (χ4v) is 2.63. The highest BCUT2D eigenvalue weighted by molar-refractivity contribution is 5.84. The molecular weight excluding hydrogens is 370 g/mol. The summed E-state index contributed by atoms with van der Waals surface area (Å²) < 4.78 is 17.0. The number of amides is 1. The Morgan fingerprint density at radius 2 is 1.86 bits per heavy atom. The molecule has 1 amide bonds. The lowest BCUT2D eigenvalue weighted by molar-refractivity contribution is -0.386. The van der Waals surface area contributed by atoms with E-state index in [0.717, 1.165) is 0 Å². The van der Waals surface area contributed by atoms with Crippen molar-refractivity contribution in [3.05, 3.63) is 39.2 Å². The summed E-state index contributed by atoms with van der Waals surface area (Å²) in [5.41, 5.74) is 3.40. The Balaban J connectivity index is 2.10. The molecule has 0 aliphatic rings. The van der Waals surface area contributed by atoms with Crippen LogP contribution in [-0.2, 0) is 11.3 Å². The number of methoxy groups -OCH3 is 3. The van der Waals surface area contributed by atoms with E-state index in [2.05, 4.69) is 15.6 Å². The SMILES string of the molecule is COc1cc(/C=N/NC(=O)Cn2nc(C)c([N+](=O)[O-])c2C)cc(OC)c1OC. The Labute approximate surface area is 161 Å². The molecule has 1 N–H and O–H groups in total. The van der Waals surface area contributed by atoms with Gasteiger partial charge in [0.2, 0.25) is 5.75 Å². The first-order chi connectivity index (χ1) is 13.3. The molecule has 11 nitrogen and oxygen atoms in total. The molecule has 2 rings (SSSR count). The van der Waals surface area contributed by atoms with Crippen molar-refractivity contribution in [2.75, 3.05) is 21.3 Å². The molecule has 0 aliphatic heterocycles. The Bertz CT molecular complexity index is 896. The quantitative estimate of drug-likeness (QED) is 0.411. The highest BCUT2D eigenvalue weighted by Gasteiger charge is 2.22. The maximum atomic E-state index is 12.1. The third-order valence-corrected chi connectivity index (χ3v) is 3.91. The molecule has 0 saturated heterocycles. The fraction of sp³-hybridized carbons (Fsp3) is 0.353. The third kappa shape index (κ3) is 4.37. The molecule has 1 aromatic carbocycles. The summed E-state index contributed by atoms with van der Waals surface area (Å²) in [5, 5.41) is 18.9. The second kappa shape index (κ2) is 8.84. The number of nitrogens with one attached hydrogen (secondary N) is 1. The van der Waals surface area contributed by atoms with E-state index in [0.29, 0.717) is 28.5 Å². The predicted molar refractivity (Wildman–Crippen MR) is 100 cm³/mol. The second-order valence-electron chi connectivity index (χ2n) is 5.69. The number of rotatable bonds is 8. The summed E-state index contributed by atoms with van der Waals surface area (Å²) in [6.45, 7) is 2.85. The molecule has 11 heteroatoms. The largest absolute Gasteiger partial charge is 0.493 e. The van der Waals surface area contributed by atoms with Crippen LogP contribution in [0.1, 0.15) is 17.0 Å². The van der Waals surface area contributed by atoms with E-state index >= 15 is 0 Å². The molecule has 0 aliphatic carbocycles. The molecule has 150 valence electrons. The number of ether oxygens (including phenoxy) is 3. The van der Waals surface area contributed by atoms with Gasteiger partial charge in [0.05, 0.1) is 32.5 Å². The van der Waals surface area contributed by atoms with Crippen molar-refractivity contribution in [2.45, 2.75) is 20.4 Å². The molecular formula is C17H21N5O6. The average molecular weight is 391 g/mol. The van der Waals surface area contributed by atoms with Gasteiger partial charge >= 0.3 is 5.69 Å². The molecule has 2 aromatic rings. The van der Waals surface area contributed by atoms with Crippen LogP contribution >= 0.6 is 0 Å². The number of nitro groups is 1. The van der Waals surface area contributed by atoms with E-state index in [1.807, 2.05) is 0 Å². The summed E-state index contributed by atoms with van der Waals surface area (Å²) in [4.78, 5) is 22.6. The van der Waals surface area contributed by atoms with Gasteiger partial charge in [0, 0.05) is 5.56 Å². The van der Waals surface area contributed by atoms with E-state index in [-0.39, 0.29) is 17.9 Å². The second-order valence-corrected chi connectivity index (χ2v) is 5.69. The van der Waals surface area contributed by atoms with Crippen molar-refractivity contribution in [3.63, 3.8) is 0 Å². The van der Waals surface area contributed by atoms with Crippen LogP contribution in [0.2, 0.25) is 0 Å². The summed E-state index contributed by atoms with van der Waals surface area (Å²) in [5.74, 6) is 0.857. The molecule has 28 heavy (non-hydrogen) atoms. The molecule has 1 heterocycles. The molecule has 0 saturated carbocycles. The summed E-state index contributed by atoms with van der Waals surface area (Å²) in [6, 6.07) is 3.34. The Morgan fingerprint density at radius 1 is 1.25 bits per heavy atom. The van der Waals surface area contributed by atoms with Crippen LogP contribution in [0.15, 0.2) is 17.2 Å². The molecule has 0 fully saturated rings. The molecule has 0 atom stereocenters. The zero-order valence-electron chi connectivity index (χ0n) is 16.2. The Morgan fingerprint density at radius 3 is 2.32 bits per heavy atom. The lowest BCUT2D eigenvalue weighted by Crippen LogP contribution is -2.24. The minimum Gasteiger partial charge on any atom is -0.493 e. The normalized spacial score (nSPS) is 10.8. The summed E-state index contributed by atoms with van der Waals surface area (Å²) in [6.07, 6.45) is 1.41. The van der Waals surface area contributed by atoms with Gasteiger partial charge in [0.25, 0.3) is 5.91 Å². The van der Waals surface area contributed by atoms with Gasteiger partial charge in [-0.2, -0.15) is 10.2 Å². The maximum Gasteiger partial charge on any atom is 0.312 e. The average Bonchev–Trinajstić information content (AvgIpc) is 2.93. The van der Waals surface area contributed by atoms with E-state index < -0.39 is 10.8 Å². The number of hydrogen-bond acceptors (Lipinski definition) is 8. The van der Waals surface area contributed by atoms with Crippen LogP contribution in [0.4, 0.5) is 5.69 Å². The number of nitrogens with zero attached hydrogens (tertiary/aromatic N) is 4. The van der Waals surface area contributed by atoms with Gasteiger partial charge in [-0.3, -0.25) is 19.6 Å². The van der Waals surface area contributed by atoms with E-state index in [4.69, 9.17) is 14.2 Å². The number of hydrazone groups is 1. The van der Waals surface area contributed by atoms with Gasteiger partial charge in [-0.1, -0.05) is 0 Å². The topological polar surface area (TPSA) is 130 Å². The van der Waals surface area contributed by atoms with E-state index in [1.165, 1.54) is 46.1 Å². The Kier molecular flexibility index (Phi) is 6.53. The first kappa shape index (κ1) is 20.7. The predicted octanol–water partition coefficient (Wildman–Crippen LogP) is 1.58. The Hall–Kier alpha value is -3.63. The van der Waals surface area contributed by atoms with Gasteiger partial charge in [0.1, 0.15) is 17.9 Å². The molecule has 0 bridgehead atoms. The van der Waals surface area contributed by atoms with Crippen LogP contribution in [-0.4, -0.2) is 48.2 Å². The van der Waals surface area contributed by atoms with Crippen molar-refractivity contribution in [1.29, 1.82) is 0 Å². The van der Waals surface area contributed by atoms with Crippen LogP contribution in [0.25, 0.3) is 0 Å². The first-order valence-electron chi connectivity index (χ1n) is 8.12. The third-order valence-electron chi connectivity index (χ3n) is 3.91. The van der Waals surface area contributed by atoms with E-state index in [9.17, 15) is 14.9 Å². The summed E-state index contributed by atoms with van der Waals surface area (Å²) in [7, 11) is 4.48. The van der Waals surface area contributed by atoms with E-state index in [1.54, 1.807) is 12.1 Å². The minimum atomic E-state index is -0.519. The van der Waals surface area contributed by atoms with Gasteiger partial charge in [-0.15, -0.1) is 0 Å². The maximum absolute atomic E-state index is 12.1. The molecule has 1 aromatic heterocycles. The summed E-state index contributed by atoms with van der Waals surface area (Å²) >= 11 is 0. The lowest BCUT2D eigenvalue weighted by atomic mass is 10.2. The monoisotopic (exact) mass is 391 g/mol.